The summed E-state index contributed by atoms with van der Waals surface area (Å²) in [5.41, 5.74) is 1.94. The molecule has 0 fully saturated rings. The largest absolute Gasteiger partial charge is 0.489 e. The van der Waals surface area contributed by atoms with E-state index in [1.54, 1.807) is 42.5 Å². The summed E-state index contributed by atoms with van der Waals surface area (Å²) in [6.45, 7) is 1.97. The van der Waals surface area contributed by atoms with Gasteiger partial charge in [-0.25, -0.2) is 4.79 Å². The van der Waals surface area contributed by atoms with Crippen LogP contribution in [0.25, 0.3) is 0 Å². The van der Waals surface area contributed by atoms with Gasteiger partial charge in [-0.1, -0.05) is 48.0 Å². The van der Waals surface area contributed by atoms with Crippen LogP contribution in [0.2, 0.25) is 5.02 Å². The van der Waals surface area contributed by atoms with Gasteiger partial charge in [-0.3, -0.25) is 4.79 Å². The Balaban J connectivity index is 1.51. The van der Waals surface area contributed by atoms with Crippen molar-refractivity contribution in [1.29, 1.82) is 0 Å². The molecule has 0 bridgehead atoms. The summed E-state index contributed by atoms with van der Waals surface area (Å²) < 4.78 is 10.9. The van der Waals surface area contributed by atoms with Crippen LogP contribution in [0.3, 0.4) is 0 Å². The summed E-state index contributed by atoms with van der Waals surface area (Å²) in [6.07, 6.45) is -0.963. The molecule has 1 N–H and O–H groups in total. The van der Waals surface area contributed by atoms with E-state index in [1.165, 1.54) is 13.0 Å². The highest BCUT2D eigenvalue weighted by molar-refractivity contribution is 6.30. The highest BCUT2D eigenvalue weighted by atomic mass is 35.5. The molecule has 29 heavy (non-hydrogen) atoms. The van der Waals surface area contributed by atoms with Gasteiger partial charge in [0, 0.05) is 10.7 Å². The van der Waals surface area contributed by atoms with Crippen LogP contribution in [0.15, 0.2) is 78.9 Å². The molecule has 5 nitrogen and oxygen atoms in total. The molecular formula is C23H20ClNO4. The smallest absolute Gasteiger partial charge is 0.338 e. The summed E-state index contributed by atoms with van der Waals surface area (Å²) in [5, 5.41) is 3.14. The number of anilines is 1. The Bertz CT molecular complexity index is 974. The van der Waals surface area contributed by atoms with E-state index in [-0.39, 0.29) is 5.56 Å². The monoisotopic (exact) mass is 409 g/mol. The van der Waals surface area contributed by atoms with Crippen LogP contribution >= 0.6 is 11.6 Å². The number of rotatable bonds is 7. The van der Waals surface area contributed by atoms with Crippen molar-refractivity contribution in [2.75, 3.05) is 5.32 Å². The number of hydrogen-bond acceptors (Lipinski definition) is 4. The van der Waals surface area contributed by atoms with Gasteiger partial charge < -0.3 is 14.8 Å². The molecule has 0 saturated heterocycles. The predicted molar refractivity (Wildman–Crippen MR) is 112 cm³/mol. The molecule has 3 aromatic rings. The third-order valence-corrected chi connectivity index (χ3v) is 4.32. The van der Waals surface area contributed by atoms with Crippen molar-refractivity contribution in [3.05, 3.63) is 95.0 Å². The number of halogens is 1. The fourth-order valence-electron chi connectivity index (χ4n) is 2.52. The van der Waals surface area contributed by atoms with E-state index < -0.39 is 18.0 Å². The summed E-state index contributed by atoms with van der Waals surface area (Å²) in [5.74, 6) is -0.356. The van der Waals surface area contributed by atoms with Crippen LogP contribution in [-0.4, -0.2) is 18.0 Å². The second kappa shape index (κ2) is 9.75. The molecule has 1 atom stereocenters. The first-order valence-electron chi connectivity index (χ1n) is 9.05. The highest BCUT2D eigenvalue weighted by Crippen LogP contribution is 2.18. The van der Waals surface area contributed by atoms with Gasteiger partial charge in [0.1, 0.15) is 12.4 Å². The first kappa shape index (κ1) is 20.4. The minimum atomic E-state index is -0.963. The molecule has 0 aliphatic heterocycles. The lowest BCUT2D eigenvalue weighted by molar-refractivity contribution is -0.123. The molecule has 1 amide bonds. The van der Waals surface area contributed by atoms with Gasteiger partial charge in [0.25, 0.3) is 5.91 Å². The van der Waals surface area contributed by atoms with Crippen LogP contribution in [0, 0.1) is 0 Å². The second-order valence-corrected chi connectivity index (χ2v) is 6.78. The second-order valence-electron chi connectivity index (χ2n) is 6.35. The van der Waals surface area contributed by atoms with E-state index in [4.69, 9.17) is 21.1 Å². The van der Waals surface area contributed by atoms with Crippen LogP contribution in [0.4, 0.5) is 5.69 Å². The maximum atomic E-state index is 12.3. The number of amides is 1. The Morgan fingerprint density at radius 3 is 2.38 bits per heavy atom. The van der Waals surface area contributed by atoms with Crippen LogP contribution in [0.1, 0.15) is 22.8 Å². The van der Waals surface area contributed by atoms with Gasteiger partial charge in [-0.15, -0.1) is 0 Å². The van der Waals surface area contributed by atoms with E-state index in [2.05, 4.69) is 5.32 Å². The van der Waals surface area contributed by atoms with Crippen LogP contribution in [-0.2, 0) is 16.1 Å². The van der Waals surface area contributed by atoms with Gasteiger partial charge >= 0.3 is 5.97 Å². The average Bonchev–Trinajstić information content (AvgIpc) is 2.74. The predicted octanol–water partition coefficient (Wildman–Crippen LogP) is 5.10. The minimum absolute atomic E-state index is 0.289. The SMILES string of the molecule is C[C@@H](OC(=O)c1cccc(Cl)c1)C(=O)Nc1ccc(OCc2ccccc2)cc1. The molecule has 0 aromatic heterocycles. The zero-order valence-corrected chi connectivity index (χ0v) is 16.6. The van der Waals surface area contributed by atoms with Crippen molar-refractivity contribution in [2.24, 2.45) is 0 Å². The standard InChI is InChI=1S/C23H20ClNO4/c1-16(29-23(27)18-8-5-9-19(24)14-18)22(26)25-20-10-12-21(13-11-20)28-15-17-6-3-2-4-7-17/h2-14,16H,15H2,1H3,(H,25,26)/t16-/m1/s1. The zero-order chi connectivity index (χ0) is 20.6. The van der Waals surface area contributed by atoms with Gasteiger partial charge in [-0.2, -0.15) is 0 Å². The van der Waals surface area contributed by atoms with E-state index in [0.29, 0.717) is 23.1 Å². The first-order valence-corrected chi connectivity index (χ1v) is 9.43. The lowest BCUT2D eigenvalue weighted by Crippen LogP contribution is -2.30. The maximum absolute atomic E-state index is 12.3. The quantitative estimate of drug-likeness (QED) is 0.551. The molecule has 3 aromatic carbocycles. The van der Waals surface area contributed by atoms with Crippen LogP contribution < -0.4 is 10.1 Å². The van der Waals surface area contributed by atoms with Gasteiger partial charge in [0.2, 0.25) is 0 Å². The third kappa shape index (κ3) is 6.09. The number of hydrogen-bond donors (Lipinski definition) is 1. The Labute approximate surface area is 174 Å². The van der Waals surface area contributed by atoms with Gasteiger partial charge in [-0.05, 0) is 55.0 Å². The van der Waals surface area contributed by atoms with Crippen molar-refractivity contribution in [2.45, 2.75) is 19.6 Å². The van der Waals surface area contributed by atoms with E-state index >= 15 is 0 Å². The Morgan fingerprint density at radius 2 is 1.69 bits per heavy atom. The molecule has 0 aliphatic carbocycles. The zero-order valence-electron chi connectivity index (χ0n) is 15.8. The highest BCUT2D eigenvalue weighted by Gasteiger charge is 2.19. The number of esters is 1. The summed E-state index contributed by atoms with van der Waals surface area (Å²) >= 11 is 5.87. The molecular weight excluding hydrogens is 390 g/mol. The maximum Gasteiger partial charge on any atom is 0.338 e. The van der Waals surface area contributed by atoms with Crippen molar-refractivity contribution >= 4 is 29.2 Å². The Morgan fingerprint density at radius 1 is 0.966 bits per heavy atom. The summed E-state index contributed by atoms with van der Waals surface area (Å²) in [7, 11) is 0. The molecule has 0 heterocycles. The molecule has 0 spiro atoms. The number of ether oxygens (including phenoxy) is 2. The van der Waals surface area contributed by atoms with Crippen LogP contribution in [0.5, 0.6) is 5.75 Å². The molecule has 0 radical (unpaired) electrons. The molecule has 0 unspecified atom stereocenters. The van der Waals surface area contributed by atoms with E-state index in [0.717, 1.165) is 5.56 Å². The third-order valence-electron chi connectivity index (χ3n) is 4.08. The van der Waals surface area contributed by atoms with Gasteiger partial charge in [0.15, 0.2) is 6.10 Å². The van der Waals surface area contributed by atoms with Crippen molar-refractivity contribution in [1.82, 2.24) is 0 Å². The average molecular weight is 410 g/mol. The summed E-state index contributed by atoms with van der Waals surface area (Å²) in [6, 6.07) is 23.2. The fraction of sp³-hybridized carbons (Fsp3) is 0.130. The number of benzene rings is 3. The van der Waals surface area contributed by atoms with Gasteiger partial charge in [0.05, 0.1) is 5.56 Å². The Hall–Kier alpha value is -3.31. The molecule has 0 saturated carbocycles. The lowest BCUT2D eigenvalue weighted by atomic mass is 10.2. The Kier molecular flexibility index (Phi) is 6.87. The van der Waals surface area contributed by atoms with E-state index in [9.17, 15) is 9.59 Å². The number of carbonyl (C=O) groups excluding carboxylic acids is 2. The lowest BCUT2D eigenvalue weighted by Gasteiger charge is -2.14. The molecule has 3 rings (SSSR count). The van der Waals surface area contributed by atoms with Crippen molar-refractivity contribution < 1.29 is 19.1 Å². The minimum Gasteiger partial charge on any atom is -0.489 e. The van der Waals surface area contributed by atoms with E-state index in [1.807, 2.05) is 30.3 Å². The van der Waals surface area contributed by atoms with Crippen molar-refractivity contribution in [3.63, 3.8) is 0 Å². The first-order chi connectivity index (χ1) is 14.0. The molecule has 148 valence electrons. The topological polar surface area (TPSA) is 64.6 Å². The van der Waals surface area contributed by atoms with Crippen molar-refractivity contribution in [3.8, 4) is 5.75 Å². The summed E-state index contributed by atoms with van der Waals surface area (Å²) in [4.78, 5) is 24.4. The fourth-order valence-corrected chi connectivity index (χ4v) is 2.71. The molecule has 0 aliphatic rings. The molecule has 6 heteroatoms. The number of nitrogens with one attached hydrogen (secondary N) is 1. The normalized spacial score (nSPS) is 11.4. The number of carbonyl (C=O) groups is 2.